The highest BCUT2D eigenvalue weighted by Crippen LogP contribution is 2.60. The maximum atomic E-state index is 12.9. The summed E-state index contributed by atoms with van der Waals surface area (Å²) in [6, 6.07) is 8.83. The summed E-state index contributed by atoms with van der Waals surface area (Å²) in [6.07, 6.45) is 2.29. The van der Waals surface area contributed by atoms with Gasteiger partial charge in [0.25, 0.3) is 0 Å². The summed E-state index contributed by atoms with van der Waals surface area (Å²) in [5.41, 5.74) is 8.71. The number of benzene rings is 1. The van der Waals surface area contributed by atoms with Crippen molar-refractivity contribution >= 4 is 5.91 Å². The van der Waals surface area contributed by atoms with Crippen LogP contribution in [0.4, 0.5) is 0 Å². The van der Waals surface area contributed by atoms with Gasteiger partial charge in [-0.3, -0.25) is 4.79 Å². The highest BCUT2D eigenvalue weighted by Gasteiger charge is 2.58. The zero-order chi connectivity index (χ0) is 14.4. The number of hydrogen-bond donors (Lipinski definition) is 2. The van der Waals surface area contributed by atoms with Crippen molar-refractivity contribution in [3.05, 3.63) is 35.4 Å². The lowest BCUT2D eigenvalue weighted by atomic mass is 9.92. The van der Waals surface area contributed by atoms with E-state index in [0.29, 0.717) is 24.3 Å². The Morgan fingerprint density at radius 3 is 3.10 bits per heavy atom. The van der Waals surface area contributed by atoms with E-state index < -0.39 is 0 Å². The molecule has 4 rings (SSSR count). The van der Waals surface area contributed by atoms with Gasteiger partial charge >= 0.3 is 0 Å². The molecule has 0 aromatic heterocycles. The number of fused-ring (bicyclic) bond motifs is 3. The molecule has 1 heterocycles. The SMILES string of the molecule is NCC1CNCCN1C(=O)C1C2CCc3ccccc3C21. The Kier molecular flexibility index (Phi) is 3.23. The van der Waals surface area contributed by atoms with Crippen LogP contribution < -0.4 is 11.1 Å². The predicted molar refractivity (Wildman–Crippen MR) is 81.9 cm³/mol. The monoisotopic (exact) mass is 285 g/mol. The molecule has 1 amide bonds. The molecule has 1 aliphatic heterocycles. The average Bonchev–Trinajstić information content (AvgIpc) is 3.29. The number of amides is 1. The van der Waals surface area contributed by atoms with E-state index in [1.165, 1.54) is 11.1 Å². The molecule has 1 aromatic rings. The van der Waals surface area contributed by atoms with Crippen LogP contribution in [-0.2, 0) is 11.2 Å². The molecule has 0 radical (unpaired) electrons. The smallest absolute Gasteiger partial charge is 0.226 e. The second kappa shape index (κ2) is 5.11. The lowest BCUT2D eigenvalue weighted by molar-refractivity contribution is -0.136. The molecule has 21 heavy (non-hydrogen) atoms. The van der Waals surface area contributed by atoms with Gasteiger partial charge in [0.05, 0.1) is 6.04 Å². The molecule has 4 unspecified atom stereocenters. The Morgan fingerprint density at radius 2 is 2.24 bits per heavy atom. The second-order valence-corrected chi connectivity index (χ2v) is 6.58. The molecule has 1 saturated carbocycles. The van der Waals surface area contributed by atoms with Gasteiger partial charge in [-0.1, -0.05) is 24.3 Å². The van der Waals surface area contributed by atoms with Crippen LogP contribution in [0.15, 0.2) is 24.3 Å². The number of carbonyl (C=O) groups is 1. The summed E-state index contributed by atoms with van der Waals surface area (Å²) in [5.74, 6) is 1.59. The van der Waals surface area contributed by atoms with E-state index in [9.17, 15) is 4.79 Å². The number of nitrogens with two attached hydrogens (primary N) is 1. The lowest BCUT2D eigenvalue weighted by Crippen LogP contribution is -2.57. The summed E-state index contributed by atoms with van der Waals surface area (Å²) in [7, 11) is 0. The van der Waals surface area contributed by atoms with Crippen molar-refractivity contribution in [2.45, 2.75) is 24.8 Å². The Labute approximate surface area is 125 Å². The molecule has 1 aromatic carbocycles. The van der Waals surface area contributed by atoms with Gasteiger partial charge in [0.15, 0.2) is 0 Å². The Hall–Kier alpha value is -1.39. The number of aryl methyl sites for hydroxylation is 1. The van der Waals surface area contributed by atoms with Gasteiger partial charge in [-0.25, -0.2) is 0 Å². The van der Waals surface area contributed by atoms with Crippen LogP contribution in [0.1, 0.15) is 23.5 Å². The first-order valence-corrected chi connectivity index (χ1v) is 8.10. The third-order valence-corrected chi connectivity index (χ3v) is 5.52. The number of hydrogen-bond acceptors (Lipinski definition) is 3. The first-order chi connectivity index (χ1) is 10.3. The Bertz CT molecular complexity index is 559. The molecular formula is C17H23N3O. The van der Waals surface area contributed by atoms with E-state index in [2.05, 4.69) is 29.6 Å². The number of carbonyl (C=O) groups excluding carboxylic acids is 1. The van der Waals surface area contributed by atoms with E-state index in [0.717, 1.165) is 32.5 Å². The first-order valence-electron chi connectivity index (χ1n) is 8.10. The first kappa shape index (κ1) is 13.3. The maximum absolute atomic E-state index is 12.9. The molecule has 3 N–H and O–H groups in total. The van der Waals surface area contributed by atoms with Gasteiger partial charge in [-0.15, -0.1) is 0 Å². The highest BCUT2D eigenvalue weighted by atomic mass is 16.2. The Balaban J connectivity index is 1.55. The number of piperazine rings is 1. The van der Waals surface area contributed by atoms with E-state index >= 15 is 0 Å². The molecule has 4 heteroatoms. The number of nitrogens with zero attached hydrogens (tertiary/aromatic N) is 1. The van der Waals surface area contributed by atoms with Gasteiger partial charge in [0, 0.05) is 32.1 Å². The van der Waals surface area contributed by atoms with Crippen LogP contribution in [0.3, 0.4) is 0 Å². The van der Waals surface area contributed by atoms with Crippen LogP contribution in [0.5, 0.6) is 0 Å². The van der Waals surface area contributed by atoms with Crippen molar-refractivity contribution in [1.29, 1.82) is 0 Å². The van der Waals surface area contributed by atoms with Crippen LogP contribution in [0.25, 0.3) is 0 Å². The van der Waals surface area contributed by atoms with Gasteiger partial charge < -0.3 is 16.0 Å². The Morgan fingerprint density at radius 1 is 1.38 bits per heavy atom. The predicted octanol–water partition coefficient (Wildman–Crippen LogP) is 0.722. The molecule has 0 bridgehead atoms. The van der Waals surface area contributed by atoms with Crippen LogP contribution in [0, 0.1) is 11.8 Å². The van der Waals surface area contributed by atoms with Gasteiger partial charge in [-0.2, -0.15) is 0 Å². The van der Waals surface area contributed by atoms with Crippen LogP contribution >= 0.6 is 0 Å². The lowest BCUT2D eigenvalue weighted by Gasteiger charge is -2.36. The van der Waals surface area contributed by atoms with E-state index in [1.807, 2.05) is 4.90 Å². The minimum absolute atomic E-state index is 0.171. The van der Waals surface area contributed by atoms with Gasteiger partial charge in [-0.05, 0) is 35.8 Å². The van der Waals surface area contributed by atoms with Crippen molar-refractivity contribution in [1.82, 2.24) is 10.2 Å². The minimum atomic E-state index is 0.171. The standard InChI is InChI=1S/C17H23N3O/c18-9-12-10-19-7-8-20(12)17(21)16-14-6-5-11-3-1-2-4-13(11)15(14)16/h1-4,12,14-16,19H,5-10,18H2. The normalized spacial score (nSPS) is 34.0. The van der Waals surface area contributed by atoms with Gasteiger partial charge in [0.1, 0.15) is 0 Å². The summed E-state index contributed by atoms with van der Waals surface area (Å²) >= 11 is 0. The summed E-state index contributed by atoms with van der Waals surface area (Å²) in [6.45, 7) is 3.08. The fourth-order valence-electron chi connectivity index (χ4n) is 4.36. The molecule has 3 aliphatic rings. The quantitative estimate of drug-likeness (QED) is 0.842. The van der Waals surface area contributed by atoms with E-state index in [-0.39, 0.29) is 12.0 Å². The third-order valence-electron chi connectivity index (χ3n) is 5.52. The highest BCUT2D eigenvalue weighted by molar-refractivity contribution is 5.84. The number of nitrogens with one attached hydrogen (secondary N) is 1. The average molecular weight is 285 g/mol. The summed E-state index contributed by atoms with van der Waals surface area (Å²) < 4.78 is 0. The third kappa shape index (κ3) is 2.09. The van der Waals surface area contributed by atoms with Gasteiger partial charge in [0.2, 0.25) is 5.91 Å². The topological polar surface area (TPSA) is 58.4 Å². The summed E-state index contributed by atoms with van der Waals surface area (Å²) in [5, 5.41) is 3.33. The van der Waals surface area contributed by atoms with Crippen LogP contribution in [-0.4, -0.2) is 43.0 Å². The molecule has 0 spiro atoms. The zero-order valence-electron chi connectivity index (χ0n) is 12.3. The van der Waals surface area contributed by atoms with Crippen molar-refractivity contribution < 1.29 is 4.79 Å². The van der Waals surface area contributed by atoms with E-state index in [1.54, 1.807) is 0 Å². The molecule has 2 fully saturated rings. The van der Waals surface area contributed by atoms with Crippen molar-refractivity contribution in [3.63, 3.8) is 0 Å². The number of rotatable bonds is 2. The minimum Gasteiger partial charge on any atom is -0.336 e. The zero-order valence-corrected chi connectivity index (χ0v) is 12.3. The molecule has 4 nitrogen and oxygen atoms in total. The molecule has 112 valence electrons. The fourth-order valence-corrected chi connectivity index (χ4v) is 4.36. The molecule has 4 atom stereocenters. The fraction of sp³-hybridized carbons (Fsp3) is 0.588. The van der Waals surface area contributed by atoms with Crippen molar-refractivity contribution in [2.24, 2.45) is 17.6 Å². The van der Waals surface area contributed by atoms with Crippen LogP contribution in [0.2, 0.25) is 0 Å². The van der Waals surface area contributed by atoms with Crippen molar-refractivity contribution in [3.8, 4) is 0 Å². The van der Waals surface area contributed by atoms with Crippen molar-refractivity contribution in [2.75, 3.05) is 26.2 Å². The molecule has 1 saturated heterocycles. The molecular weight excluding hydrogens is 262 g/mol. The maximum Gasteiger partial charge on any atom is 0.226 e. The largest absolute Gasteiger partial charge is 0.336 e. The second-order valence-electron chi connectivity index (χ2n) is 6.58. The summed E-state index contributed by atoms with van der Waals surface area (Å²) in [4.78, 5) is 15.0. The molecule has 2 aliphatic carbocycles. The van der Waals surface area contributed by atoms with E-state index in [4.69, 9.17) is 5.73 Å².